The highest BCUT2D eigenvalue weighted by molar-refractivity contribution is 5.99. The number of nitrogens with one attached hydrogen (secondary N) is 1. The normalized spacial score (nSPS) is 14.7. The molecule has 3 rings (SSSR count). The third-order valence-electron chi connectivity index (χ3n) is 3.15. The summed E-state index contributed by atoms with van der Waals surface area (Å²) in [6.45, 7) is 2.06. The lowest BCUT2D eigenvalue weighted by atomic mass is 10.1. The van der Waals surface area contributed by atoms with E-state index < -0.39 is 0 Å². The Morgan fingerprint density at radius 2 is 1.94 bits per heavy atom. The van der Waals surface area contributed by atoms with Crippen LogP contribution in [0.15, 0.2) is 42.6 Å². The Balaban J connectivity index is 1.92. The van der Waals surface area contributed by atoms with Crippen molar-refractivity contribution >= 4 is 5.78 Å². The lowest BCUT2D eigenvalue weighted by Crippen LogP contribution is -2.30. The first-order chi connectivity index (χ1) is 8.34. The fraction of sp³-hybridized carbons (Fsp3) is 0.214. The van der Waals surface area contributed by atoms with Crippen LogP contribution in [0.3, 0.4) is 0 Å². The number of carbonyl (C=O) groups excluding carboxylic acids is 1. The summed E-state index contributed by atoms with van der Waals surface area (Å²) >= 11 is 0. The average molecular weight is 226 g/mol. The zero-order valence-corrected chi connectivity index (χ0v) is 9.52. The Morgan fingerprint density at radius 1 is 1.12 bits per heavy atom. The second-order valence-electron chi connectivity index (χ2n) is 4.32. The Hall–Kier alpha value is -1.87. The molecule has 0 aliphatic carbocycles. The zero-order valence-electron chi connectivity index (χ0n) is 9.52. The van der Waals surface area contributed by atoms with Gasteiger partial charge in [-0.1, -0.05) is 30.3 Å². The van der Waals surface area contributed by atoms with Gasteiger partial charge < -0.3 is 9.88 Å². The minimum Gasteiger partial charge on any atom is -0.345 e. The van der Waals surface area contributed by atoms with E-state index in [2.05, 4.69) is 22.0 Å². The Morgan fingerprint density at radius 3 is 2.76 bits per heavy atom. The number of rotatable bonds is 2. The van der Waals surface area contributed by atoms with Crippen molar-refractivity contribution in [2.24, 2.45) is 0 Å². The smallest absolute Gasteiger partial charge is 0.178 e. The van der Waals surface area contributed by atoms with E-state index in [9.17, 15) is 4.79 Å². The van der Waals surface area contributed by atoms with Gasteiger partial charge in [-0.3, -0.25) is 4.79 Å². The molecule has 1 aromatic carbocycles. The van der Waals surface area contributed by atoms with Crippen LogP contribution in [0.4, 0.5) is 0 Å². The SMILES string of the molecule is O=C1CNCc2c1ccn2Cc1ccccc1. The molecule has 1 aliphatic rings. The molecule has 0 spiro atoms. The highest BCUT2D eigenvalue weighted by Gasteiger charge is 2.19. The number of ketones is 1. The largest absolute Gasteiger partial charge is 0.345 e. The first-order valence-electron chi connectivity index (χ1n) is 5.80. The third-order valence-corrected chi connectivity index (χ3v) is 3.15. The standard InChI is InChI=1S/C14H14N2O/c17-14-9-15-8-13-12(14)6-7-16(13)10-11-4-2-1-3-5-11/h1-7,15H,8-10H2. The maximum Gasteiger partial charge on any atom is 0.178 e. The van der Waals surface area contributed by atoms with Crippen LogP contribution < -0.4 is 5.32 Å². The molecule has 0 radical (unpaired) electrons. The van der Waals surface area contributed by atoms with E-state index >= 15 is 0 Å². The van der Waals surface area contributed by atoms with Gasteiger partial charge >= 0.3 is 0 Å². The molecule has 0 bridgehead atoms. The molecule has 3 heteroatoms. The lowest BCUT2D eigenvalue weighted by molar-refractivity contribution is 0.0981. The Kier molecular flexibility index (Phi) is 2.53. The third kappa shape index (κ3) is 1.89. The van der Waals surface area contributed by atoms with Crippen molar-refractivity contribution in [1.82, 2.24) is 9.88 Å². The van der Waals surface area contributed by atoms with Gasteiger partial charge in [0.15, 0.2) is 5.78 Å². The van der Waals surface area contributed by atoms with E-state index in [0.717, 1.165) is 24.3 Å². The van der Waals surface area contributed by atoms with Crippen LogP contribution >= 0.6 is 0 Å². The molecule has 0 saturated heterocycles. The molecule has 3 nitrogen and oxygen atoms in total. The fourth-order valence-electron chi connectivity index (χ4n) is 2.27. The maximum absolute atomic E-state index is 11.7. The van der Waals surface area contributed by atoms with E-state index in [1.807, 2.05) is 30.5 Å². The molecule has 2 heterocycles. The molecule has 1 N–H and O–H groups in total. The molecule has 0 amide bonds. The summed E-state index contributed by atoms with van der Waals surface area (Å²) in [5.74, 6) is 0.193. The molecule has 0 fully saturated rings. The number of nitrogens with zero attached hydrogens (tertiary/aromatic N) is 1. The quantitative estimate of drug-likeness (QED) is 0.847. The molecule has 1 aromatic heterocycles. The number of hydrogen-bond acceptors (Lipinski definition) is 2. The van der Waals surface area contributed by atoms with E-state index in [-0.39, 0.29) is 5.78 Å². The van der Waals surface area contributed by atoms with Crippen molar-refractivity contribution in [2.75, 3.05) is 6.54 Å². The second kappa shape index (κ2) is 4.18. The van der Waals surface area contributed by atoms with Crippen LogP contribution in [-0.4, -0.2) is 16.9 Å². The first-order valence-corrected chi connectivity index (χ1v) is 5.80. The summed E-state index contributed by atoms with van der Waals surface area (Å²) in [7, 11) is 0. The van der Waals surface area contributed by atoms with Gasteiger partial charge in [0.05, 0.1) is 6.54 Å². The minimum atomic E-state index is 0.193. The van der Waals surface area contributed by atoms with Gasteiger partial charge in [-0.15, -0.1) is 0 Å². The molecular formula is C14H14N2O. The molecule has 17 heavy (non-hydrogen) atoms. The topological polar surface area (TPSA) is 34.0 Å². The van der Waals surface area contributed by atoms with E-state index in [0.29, 0.717) is 6.54 Å². The predicted molar refractivity (Wildman–Crippen MR) is 66.0 cm³/mol. The number of carbonyl (C=O) groups is 1. The van der Waals surface area contributed by atoms with Gasteiger partial charge in [-0.05, 0) is 11.6 Å². The van der Waals surface area contributed by atoms with Gasteiger partial charge in [0.1, 0.15) is 0 Å². The van der Waals surface area contributed by atoms with Gasteiger partial charge in [0, 0.05) is 30.5 Å². The highest BCUT2D eigenvalue weighted by Crippen LogP contribution is 2.16. The zero-order chi connectivity index (χ0) is 11.7. The van der Waals surface area contributed by atoms with E-state index in [1.54, 1.807) is 0 Å². The summed E-state index contributed by atoms with van der Waals surface area (Å²) in [5.41, 5.74) is 3.23. The summed E-state index contributed by atoms with van der Waals surface area (Å²) in [6.07, 6.45) is 2.00. The maximum atomic E-state index is 11.7. The van der Waals surface area contributed by atoms with Gasteiger partial charge in [0.25, 0.3) is 0 Å². The molecule has 2 aromatic rings. The van der Waals surface area contributed by atoms with Crippen molar-refractivity contribution < 1.29 is 4.79 Å². The average Bonchev–Trinajstić information content (AvgIpc) is 2.76. The summed E-state index contributed by atoms with van der Waals surface area (Å²) in [5, 5.41) is 3.13. The van der Waals surface area contributed by atoms with Crippen LogP contribution in [0.1, 0.15) is 21.6 Å². The number of Topliss-reactive ketones (excluding diaryl/α,β-unsaturated/α-hetero) is 1. The molecule has 86 valence electrons. The van der Waals surface area contributed by atoms with E-state index in [1.165, 1.54) is 5.56 Å². The second-order valence-corrected chi connectivity index (χ2v) is 4.32. The van der Waals surface area contributed by atoms with Crippen LogP contribution in [0, 0.1) is 0 Å². The highest BCUT2D eigenvalue weighted by atomic mass is 16.1. The van der Waals surface area contributed by atoms with Gasteiger partial charge in [0.2, 0.25) is 0 Å². The molecule has 0 saturated carbocycles. The van der Waals surface area contributed by atoms with Crippen LogP contribution in [0.5, 0.6) is 0 Å². The Bertz CT molecular complexity index is 543. The van der Waals surface area contributed by atoms with Crippen molar-refractivity contribution in [3.05, 3.63) is 59.4 Å². The Labute approximate surface area is 100 Å². The van der Waals surface area contributed by atoms with Crippen molar-refractivity contribution in [2.45, 2.75) is 13.1 Å². The first kappa shape index (κ1) is 10.3. The lowest BCUT2D eigenvalue weighted by Gasteiger charge is -2.16. The number of aromatic nitrogens is 1. The molecular weight excluding hydrogens is 212 g/mol. The van der Waals surface area contributed by atoms with Crippen LogP contribution in [0.2, 0.25) is 0 Å². The van der Waals surface area contributed by atoms with Crippen molar-refractivity contribution in [3.63, 3.8) is 0 Å². The van der Waals surface area contributed by atoms with Crippen molar-refractivity contribution in [1.29, 1.82) is 0 Å². The number of hydrogen-bond donors (Lipinski definition) is 1. The van der Waals surface area contributed by atoms with Crippen molar-refractivity contribution in [3.8, 4) is 0 Å². The van der Waals surface area contributed by atoms with Gasteiger partial charge in [-0.2, -0.15) is 0 Å². The summed E-state index contributed by atoms with van der Waals surface area (Å²) < 4.78 is 2.15. The fourth-order valence-corrected chi connectivity index (χ4v) is 2.27. The van der Waals surface area contributed by atoms with Gasteiger partial charge in [-0.25, -0.2) is 0 Å². The minimum absolute atomic E-state index is 0.193. The van der Waals surface area contributed by atoms with Crippen LogP contribution in [0.25, 0.3) is 0 Å². The predicted octanol–water partition coefficient (Wildman–Crippen LogP) is 1.82. The van der Waals surface area contributed by atoms with Crippen LogP contribution in [-0.2, 0) is 13.1 Å². The summed E-state index contributed by atoms with van der Waals surface area (Å²) in [4.78, 5) is 11.7. The molecule has 1 aliphatic heterocycles. The number of fused-ring (bicyclic) bond motifs is 1. The monoisotopic (exact) mass is 226 g/mol. The molecule has 0 unspecified atom stereocenters. The number of benzene rings is 1. The summed E-state index contributed by atoms with van der Waals surface area (Å²) in [6, 6.07) is 12.2. The van der Waals surface area contributed by atoms with E-state index in [4.69, 9.17) is 0 Å². The molecule has 0 atom stereocenters.